The van der Waals surface area contributed by atoms with Gasteiger partial charge in [-0.2, -0.15) is 0 Å². The number of halogens is 3. The van der Waals surface area contributed by atoms with Crippen LogP contribution in [0.2, 0.25) is 0 Å². The summed E-state index contributed by atoms with van der Waals surface area (Å²) >= 11 is 0.778. The van der Waals surface area contributed by atoms with Gasteiger partial charge in [0.25, 0.3) is 0 Å². The van der Waals surface area contributed by atoms with Gasteiger partial charge < -0.3 is 0 Å². The van der Waals surface area contributed by atoms with Crippen molar-refractivity contribution in [3.63, 3.8) is 0 Å². The highest BCUT2D eigenvalue weighted by atomic mass is 32.2. The lowest BCUT2D eigenvalue weighted by Crippen LogP contribution is -2.17. The second-order valence-corrected chi connectivity index (χ2v) is 7.79. The van der Waals surface area contributed by atoms with Crippen LogP contribution in [0.1, 0.15) is 5.56 Å². The van der Waals surface area contributed by atoms with Gasteiger partial charge in [-0.1, -0.05) is 11.3 Å². The number of thiazole rings is 1. The minimum atomic E-state index is -4.59. The number of sulfonamides is 1. The maximum atomic E-state index is 14.1. The van der Waals surface area contributed by atoms with E-state index in [1.807, 2.05) is 0 Å². The molecule has 0 bridgehead atoms. The Morgan fingerprint density at radius 2 is 1.65 bits per heavy atom. The maximum absolute atomic E-state index is 14.1. The summed E-state index contributed by atoms with van der Waals surface area (Å²) in [6, 6.07) is 5.49. The van der Waals surface area contributed by atoms with Crippen molar-refractivity contribution in [2.24, 2.45) is 5.14 Å². The SMILES string of the molecule is Cc1cc(-n2c(-c3cc(F)c(S(N)(=O)=O)c(F)c3)csc2=O)ccc1F. The first-order valence-electron chi connectivity index (χ1n) is 7.09. The average molecular weight is 400 g/mol. The molecule has 10 heteroatoms. The van der Waals surface area contributed by atoms with E-state index in [2.05, 4.69) is 0 Å². The van der Waals surface area contributed by atoms with Gasteiger partial charge in [-0.3, -0.25) is 9.36 Å². The highest BCUT2D eigenvalue weighted by Crippen LogP contribution is 2.29. The summed E-state index contributed by atoms with van der Waals surface area (Å²) in [6.45, 7) is 1.51. The van der Waals surface area contributed by atoms with Crippen LogP contribution in [-0.2, 0) is 10.0 Å². The Labute approximate surface area is 150 Å². The smallest absolute Gasteiger partial charge is 0.267 e. The van der Waals surface area contributed by atoms with E-state index in [0.717, 1.165) is 28.0 Å². The van der Waals surface area contributed by atoms with Gasteiger partial charge in [0.1, 0.15) is 17.5 Å². The third-order valence-corrected chi connectivity index (χ3v) is 5.36. The van der Waals surface area contributed by atoms with Crippen molar-refractivity contribution in [1.29, 1.82) is 0 Å². The topological polar surface area (TPSA) is 82.2 Å². The second-order valence-electron chi connectivity index (χ2n) is 5.47. The zero-order valence-corrected chi connectivity index (χ0v) is 14.8. The summed E-state index contributed by atoms with van der Waals surface area (Å²) in [5.74, 6) is -3.21. The van der Waals surface area contributed by atoms with Crippen molar-refractivity contribution < 1.29 is 21.6 Å². The molecule has 136 valence electrons. The first kappa shape index (κ1) is 18.4. The molecule has 0 saturated heterocycles. The third kappa shape index (κ3) is 3.18. The molecule has 3 aromatic rings. The fourth-order valence-electron chi connectivity index (χ4n) is 2.50. The first-order valence-corrected chi connectivity index (χ1v) is 9.51. The Hall–Kier alpha value is -2.43. The number of rotatable bonds is 3. The van der Waals surface area contributed by atoms with Crippen molar-refractivity contribution >= 4 is 21.4 Å². The molecule has 0 spiro atoms. The van der Waals surface area contributed by atoms with Crippen LogP contribution in [0.4, 0.5) is 13.2 Å². The van der Waals surface area contributed by atoms with Crippen LogP contribution in [0.25, 0.3) is 16.9 Å². The Kier molecular flexibility index (Phi) is 4.51. The molecule has 1 heterocycles. The summed E-state index contributed by atoms with van der Waals surface area (Å²) < 4.78 is 65.5. The number of aromatic nitrogens is 1. The number of nitrogens with two attached hydrogens (primary N) is 1. The van der Waals surface area contributed by atoms with Gasteiger partial charge in [-0.25, -0.2) is 26.7 Å². The molecule has 26 heavy (non-hydrogen) atoms. The molecular weight excluding hydrogens is 389 g/mol. The van der Waals surface area contributed by atoms with Gasteiger partial charge in [0.05, 0.1) is 11.4 Å². The maximum Gasteiger partial charge on any atom is 0.312 e. The van der Waals surface area contributed by atoms with E-state index in [1.54, 1.807) is 0 Å². The van der Waals surface area contributed by atoms with E-state index in [4.69, 9.17) is 5.14 Å². The molecule has 3 rings (SSSR count). The molecule has 0 atom stereocenters. The third-order valence-electron chi connectivity index (χ3n) is 3.67. The lowest BCUT2D eigenvalue weighted by Gasteiger charge is -2.11. The Morgan fingerprint density at radius 3 is 2.19 bits per heavy atom. The summed E-state index contributed by atoms with van der Waals surface area (Å²) in [7, 11) is -4.59. The second kappa shape index (κ2) is 6.38. The van der Waals surface area contributed by atoms with E-state index >= 15 is 0 Å². The molecule has 2 N–H and O–H groups in total. The highest BCUT2D eigenvalue weighted by Gasteiger charge is 2.23. The molecule has 1 aromatic heterocycles. The number of aryl methyl sites for hydroxylation is 1. The van der Waals surface area contributed by atoms with Crippen LogP contribution in [0.5, 0.6) is 0 Å². The van der Waals surface area contributed by atoms with Crippen LogP contribution in [0.3, 0.4) is 0 Å². The van der Waals surface area contributed by atoms with E-state index in [-0.39, 0.29) is 16.8 Å². The fraction of sp³-hybridized carbons (Fsp3) is 0.0625. The van der Waals surface area contributed by atoms with Crippen molar-refractivity contribution in [2.45, 2.75) is 11.8 Å². The zero-order valence-electron chi connectivity index (χ0n) is 13.2. The summed E-state index contributed by atoms with van der Waals surface area (Å²) in [5, 5.41) is 6.17. The van der Waals surface area contributed by atoms with Gasteiger partial charge in [0.15, 0.2) is 4.90 Å². The standard InChI is InChI=1S/C16H11F3N2O3S2/c1-8-4-10(2-3-11(8)17)21-14(7-25-16(21)22)9-5-12(18)15(13(19)6-9)26(20,23)24/h2-7H,1H3,(H2,20,23,24). The number of nitrogens with zero attached hydrogens (tertiary/aromatic N) is 1. The zero-order chi connectivity index (χ0) is 19.2. The predicted octanol–water partition coefficient (Wildman–Crippen LogP) is 2.94. The molecular formula is C16H11F3N2O3S2. The van der Waals surface area contributed by atoms with Gasteiger partial charge in [-0.15, -0.1) is 0 Å². The summed E-state index contributed by atoms with van der Waals surface area (Å²) in [5.41, 5.74) is 0.660. The molecule has 2 aromatic carbocycles. The van der Waals surface area contributed by atoms with E-state index < -0.39 is 37.2 Å². The summed E-state index contributed by atoms with van der Waals surface area (Å²) in [6.07, 6.45) is 0. The minimum absolute atomic E-state index is 0.0623. The number of hydrogen-bond acceptors (Lipinski definition) is 4. The van der Waals surface area contributed by atoms with E-state index in [9.17, 15) is 26.4 Å². The number of primary sulfonamides is 1. The van der Waals surface area contributed by atoms with Crippen molar-refractivity contribution in [3.8, 4) is 16.9 Å². The first-order chi connectivity index (χ1) is 12.1. The lowest BCUT2D eigenvalue weighted by molar-refractivity contribution is 0.520. The fourth-order valence-corrected chi connectivity index (χ4v) is 3.92. The lowest BCUT2D eigenvalue weighted by atomic mass is 10.1. The monoisotopic (exact) mass is 400 g/mol. The molecule has 0 amide bonds. The number of hydrogen-bond donors (Lipinski definition) is 1. The van der Waals surface area contributed by atoms with Crippen LogP contribution in [0.15, 0.2) is 45.4 Å². The van der Waals surface area contributed by atoms with Crippen molar-refractivity contribution in [2.75, 3.05) is 0 Å². The van der Waals surface area contributed by atoms with Crippen LogP contribution in [-0.4, -0.2) is 13.0 Å². The molecule has 0 unspecified atom stereocenters. The average Bonchev–Trinajstić information content (AvgIpc) is 2.89. The molecule has 0 aliphatic rings. The van der Waals surface area contributed by atoms with E-state index in [1.165, 1.54) is 30.5 Å². The summed E-state index contributed by atoms with van der Waals surface area (Å²) in [4.78, 5) is 10.5. The van der Waals surface area contributed by atoms with Crippen molar-refractivity contribution in [1.82, 2.24) is 4.57 Å². The normalized spacial score (nSPS) is 11.7. The van der Waals surface area contributed by atoms with Gasteiger partial charge in [-0.05, 0) is 42.8 Å². The molecule has 0 radical (unpaired) electrons. The largest absolute Gasteiger partial charge is 0.312 e. The molecule has 0 aliphatic carbocycles. The van der Waals surface area contributed by atoms with Crippen molar-refractivity contribution in [3.05, 3.63) is 68.4 Å². The number of benzene rings is 2. The predicted molar refractivity (Wildman–Crippen MR) is 91.3 cm³/mol. The Balaban J connectivity index is 2.24. The van der Waals surface area contributed by atoms with Crippen LogP contribution < -0.4 is 10.0 Å². The Morgan fingerprint density at radius 1 is 1.04 bits per heavy atom. The van der Waals surface area contributed by atoms with Crippen LogP contribution in [0, 0.1) is 24.4 Å². The van der Waals surface area contributed by atoms with Gasteiger partial charge in [0, 0.05) is 10.9 Å². The van der Waals surface area contributed by atoms with Gasteiger partial charge in [0.2, 0.25) is 10.0 Å². The molecule has 0 fully saturated rings. The van der Waals surface area contributed by atoms with Gasteiger partial charge >= 0.3 is 4.87 Å². The minimum Gasteiger partial charge on any atom is -0.267 e. The highest BCUT2D eigenvalue weighted by molar-refractivity contribution is 7.89. The quantitative estimate of drug-likeness (QED) is 0.734. The van der Waals surface area contributed by atoms with Crippen LogP contribution >= 0.6 is 11.3 Å². The molecule has 5 nitrogen and oxygen atoms in total. The van der Waals surface area contributed by atoms with E-state index in [0.29, 0.717) is 5.69 Å². The Bertz CT molecular complexity index is 1160. The molecule has 0 aliphatic heterocycles. The molecule has 0 saturated carbocycles.